The number of allylic oxidation sites excluding steroid dienone is 2. The maximum Gasteiger partial charge on any atom is 0.139 e. The van der Waals surface area contributed by atoms with Gasteiger partial charge in [0.25, 0.3) is 0 Å². The SMILES string of the molecule is CCC(=O)C1(C)CC=C2CCCC(C)(C)C2C1C. The molecule has 2 rings (SSSR count). The fourth-order valence-electron chi connectivity index (χ4n) is 4.46. The zero-order valence-electron chi connectivity index (χ0n) is 12.7. The first-order valence-electron chi connectivity index (χ1n) is 7.55. The van der Waals surface area contributed by atoms with E-state index in [-0.39, 0.29) is 5.41 Å². The zero-order chi connectivity index (χ0) is 13.6. The molecule has 2 aliphatic carbocycles. The van der Waals surface area contributed by atoms with E-state index < -0.39 is 0 Å². The second kappa shape index (κ2) is 4.51. The van der Waals surface area contributed by atoms with Crippen LogP contribution in [-0.2, 0) is 4.79 Å². The Kier molecular flexibility index (Phi) is 3.46. The molecule has 102 valence electrons. The lowest BCUT2D eigenvalue weighted by Gasteiger charge is -2.52. The van der Waals surface area contributed by atoms with Crippen LogP contribution in [0.2, 0.25) is 0 Å². The van der Waals surface area contributed by atoms with Crippen molar-refractivity contribution in [2.24, 2.45) is 22.7 Å². The van der Waals surface area contributed by atoms with Crippen LogP contribution in [0.25, 0.3) is 0 Å². The molecule has 0 radical (unpaired) electrons. The predicted octanol–water partition coefficient (Wildman–Crippen LogP) is 4.76. The van der Waals surface area contributed by atoms with Crippen LogP contribution in [-0.4, -0.2) is 5.78 Å². The lowest BCUT2D eigenvalue weighted by Crippen LogP contribution is -2.47. The maximum absolute atomic E-state index is 12.4. The molecule has 1 saturated carbocycles. The Balaban J connectivity index is 2.39. The fourth-order valence-corrected chi connectivity index (χ4v) is 4.46. The minimum absolute atomic E-state index is 0.127. The second-order valence-electron chi connectivity index (χ2n) is 7.29. The summed E-state index contributed by atoms with van der Waals surface area (Å²) in [5, 5.41) is 0. The summed E-state index contributed by atoms with van der Waals surface area (Å²) < 4.78 is 0. The Hall–Kier alpha value is -0.590. The third kappa shape index (κ3) is 1.96. The molecule has 0 N–H and O–H groups in total. The molecule has 0 spiro atoms. The summed E-state index contributed by atoms with van der Waals surface area (Å²) in [6.07, 6.45) is 7.92. The van der Waals surface area contributed by atoms with Gasteiger partial charge in [-0.05, 0) is 42.9 Å². The lowest BCUT2D eigenvalue weighted by molar-refractivity contribution is -0.133. The number of fused-ring (bicyclic) bond motifs is 1. The van der Waals surface area contributed by atoms with Crippen LogP contribution >= 0.6 is 0 Å². The van der Waals surface area contributed by atoms with Crippen molar-refractivity contribution in [1.82, 2.24) is 0 Å². The first-order valence-corrected chi connectivity index (χ1v) is 7.55. The van der Waals surface area contributed by atoms with E-state index in [9.17, 15) is 4.79 Å². The summed E-state index contributed by atoms with van der Waals surface area (Å²) in [6, 6.07) is 0. The molecule has 0 aromatic rings. The van der Waals surface area contributed by atoms with E-state index in [1.807, 2.05) is 6.92 Å². The molecular weight excluding hydrogens is 220 g/mol. The van der Waals surface area contributed by atoms with E-state index >= 15 is 0 Å². The minimum Gasteiger partial charge on any atom is -0.299 e. The van der Waals surface area contributed by atoms with E-state index in [0.29, 0.717) is 29.5 Å². The van der Waals surface area contributed by atoms with Gasteiger partial charge in [0.1, 0.15) is 5.78 Å². The highest BCUT2D eigenvalue weighted by Crippen LogP contribution is 2.56. The third-order valence-electron chi connectivity index (χ3n) is 5.78. The number of hydrogen-bond acceptors (Lipinski definition) is 1. The summed E-state index contributed by atoms with van der Waals surface area (Å²) in [4.78, 5) is 12.4. The van der Waals surface area contributed by atoms with Crippen LogP contribution in [0, 0.1) is 22.7 Å². The van der Waals surface area contributed by atoms with Gasteiger partial charge in [-0.1, -0.05) is 46.3 Å². The molecule has 2 aliphatic rings. The number of rotatable bonds is 2. The number of hydrogen-bond donors (Lipinski definition) is 0. The summed E-state index contributed by atoms with van der Waals surface area (Å²) >= 11 is 0. The second-order valence-corrected chi connectivity index (χ2v) is 7.29. The van der Waals surface area contributed by atoms with Gasteiger partial charge in [-0.15, -0.1) is 0 Å². The first-order chi connectivity index (χ1) is 8.33. The van der Waals surface area contributed by atoms with Crippen LogP contribution in [0.4, 0.5) is 0 Å². The lowest BCUT2D eigenvalue weighted by atomic mass is 9.52. The fraction of sp³-hybridized carbons (Fsp3) is 0.824. The van der Waals surface area contributed by atoms with Gasteiger partial charge in [-0.2, -0.15) is 0 Å². The standard InChI is InChI=1S/C17H28O/c1-6-14(18)17(5)11-9-13-8-7-10-16(3,4)15(13)12(17)2/h9,12,15H,6-8,10-11H2,1-5H3. The molecular formula is C17H28O. The molecule has 1 heteroatoms. The Morgan fingerprint density at radius 1 is 1.39 bits per heavy atom. The molecule has 0 saturated heterocycles. The molecule has 0 aromatic carbocycles. The molecule has 3 atom stereocenters. The van der Waals surface area contributed by atoms with E-state index in [1.54, 1.807) is 5.57 Å². The van der Waals surface area contributed by atoms with Crippen molar-refractivity contribution in [3.63, 3.8) is 0 Å². The van der Waals surface area contributed by atoms with Crippen LogP contribution in [0.15, 0.2) is 11.6 Å². The van der Waals surface area contributed by atoms with Gasteiger partial charge >= 0.3 is 0 Å². The summed E-state index contributed by atoms with van der Waals surface area (Å²) in [5.74, 6) is 1.55. The number of carbonyl (C=O) groups excluding carboxylic acids is 1. The van der Waals surface area contributed by atoms with Gasteiger partial charge < -0.3 is 0 Å². The number of ketones is 1. The van der Waals surface area contributed by atoms with E-state index in [4.69, 9.17) is 0 Å². The van der Waals surface area contributed by atoms with Crippen LogP contribution in [0.5, 0.6) is 0 Å². The first kappa shape index (κ1) is 13.8. The average Bonchev–Trinajstić information content (AvgIpc) is 2.32. The molecule has 1 nitrogen and oxygen atoms in total. The van der Waals surface area contributed by atoms with Gasteiger partial charge in [0.05, 0.1) is 0 Å². The van der Waals surface area contributed by atoms with Crippen molar-refractivity contribution in [2.75, 3.05) is 0 Å². The molecule has 18 heavy (non-hydrogen) atoms. The normalized spacial score (nSPS) is 38.8. The largest absolute Gasteiger partial charge is 0.299 e. The van der Waals surface area contributed by atoms with Gasteiger partial charge in [0, 0.05) is 11.8 Å². The summed E-state index contributed by atoms with van der Waals surface area (Å²) in [6.45, 7) is 11.3. The van der Waals surface area contributed by atoms with Crippen molar-refractivity contribution in [3.05, 3.63) is 11.6 Å². The molecule has 0 aliphatic heterocycles. The minimum atomic E-state index is -0.127. The topological polar surface area (TPSA) is 17.1 Å². The van der Waals surface area contributed by atoms with Crippen LogP contribution in [0.1, 0.15) is 66.7 Å². The Morgan fingerprint density at radius 3 is 2.67 bits per heavy atom. The quantitative estimate of drug-likeness (QED) is 0.644. The Bertz CT molecular complexity index is 377. The van der Waals surface area contributed by atoms with Crippen molar-refractivity contribution in [2.45, 2.75) is 66.7 Å². The Labute approximate surface area is 112 Å². The van der Waals surface area contributed by atoms with E-state index in [2.05, 4.69) is 33.8 Å². The highest BCUT2D eigenvalue weighted by molar-refractivity contribution is 5.85. The molecule has 0 aromatic heterocycles. The van der Waals surface area contributed by atoms with E-state index in [0.717, 1.165) is 6.42 Å². The van der Waals surface area contributed by atoms with Crippen molar-refractivity contribution in [1.29, 1.82) is 0 Å². The molecule has 3 unspecified atom stereocenters. The predicted molar refractivity (Wildman–Crippen MR) is 76.4 cm³/mol. The molecule has 0 heterocycles. The van der Waals surface area contributed by atoms with Gasteiger partial charge in [0.2, 0.25) is 0 Å². The van der Waals surface area contributed by atoms with Crippen LogP contribution < -0.4 is 0 Å². The number of carbonyl (C=O) groups is 1. The molecule has 0 amide bonds. The van der Waals surface area contributed by atoms with Gasteiger partial charge in [-0.3, -0.25) is 4.79 Å². The summed E-state index contributed by atoms with van der Waals surface area (Å²) in [7, 11) is 0. The van der Waals surface area contributed by atoms with Crippen LogP contribution in [0.3, 0.4) is 0 Å². The van der Waals surface area contributed by atoms with Crippen molar-refractivity contribution < 1.29 is 4.79 Å². The van der Waals surface area contributed by atoms with Crippen molar-refractivity contribution in [3.8, 4) is 0 Å². The number of Topliss-reactive ketones (excluding diaryl/α,β-unsaturated/α-hetero) is 1. The third-order valence-corrected chi connectivity index (χ3v) is 5.78. The monoisotopic (exact) mass is 248 g/mol. The highest BCUT2D eigenvalue weighted by Gasteiger charge is 2.50. The average molecular weight is 248 g/mol. The summed E-state index contributed by atoms with van der Waals surface area (Å²) in [5.41, 5.74) is 1.87. The van der Waals surface area contributed by atoms with E-state index in [1.165, 1.54) is 19.3 Å². The Morgan fingerprint density at radius 2 is 2.06 bits per heavy atom. The van der Waals surface area contributed by atoms with Gasteiger partial charge in [-0.25, -0.2) is 0 Å². The van der Waals surface area contributed by atoms with Gasteiger partial charge in [0.15, 0.2) is 0 Å². The maximum atomic E-state index is 12.4. The van der Waals surface area contributed by atoms with Crippen molar-refractivity contribution >= 4 is 5.78 Å². The molecule has 1 fully saturated rings. The zero-order valence-corrected chi connectivity index (χ0v) is 12.7. The highest BCUT2D eigenvalue weighted by atomic mass is 16.1. The smallest absolute Gasteiger partial charge is 0.139 e. The molecule has 0 bridgehead atoms.